The molecule has 2 aromatic heterocycles. The molecule has 4 aromatic rings. The molecule has 1 N–H and O–H groups in total. The molecular formula is C18H13BrN2O3S. The normalized spacial score (nSPS) is 12.3. The molecule has 0 fully saturated rings. The van der Waals surface area contributed by atoms with Crippen molar-refractivity contribution in [2.24, 2.45) is 0 Å². The number of hydrogen-bond donors (Lipinski definition) is 1. The lowest BCUT2D eigenvalue weighted by molar-refractivity contribution is 0.318. The number of nitrogens with zero attached hydrogens (tertiary/aromatic N) is 2. The van der Waals surface area contributed by atoms with Gasteiger partial charge < -0.3 is 9.84 Å². The van der Waals surface area contributed by atoms with E-state index < -0.39 is 0 Å². The number of benzene rings is 2. The van der Waals surface area contributed by atoms with Gasteiger partial charge in [0.1, 0.15) is 0 Å². The molecule has 4 rings (SSSR count). The highest BCUT2D eigenvalue weighted by molar-refractivity contribution is 9.10. The predicted molar refractivity (Wildman–Crippen MR) is 103 cm³/mol. The Morgan fingerprint density at radius 3 is 2.96 bits per heavy atom. The molecule has 0 saturated carbocycles. The number of fused-ring (bicyclic) bond motifs is 3. The average Bonchev–Trinajstić information content (AvgIpc) is 3.09. The van der Waals surface area contributed by atoms with Crippen LogP contribution in [0.1, 0.15) is 12.5 Å². The Balaban J connectivity index is 1.94. The number of phenols is 1. The van der Waals surface area contributed by atoms with E-state index in [1.807, 2.05) is 31.2 Å². The zero-order valence-corrected chi connectivity index (χ0v) is 15.6. The summed E-state index contributed by atoms with van der Waals surface area (Å²) in [5.41, 5.74) is 2.26. The number of rotatable bonds is 3. The summed E-state index contributed by atoms with van der Waals surface area (Å²) in [6.07, 6.45) is 1.78. The third-order valence-electron chi connectivity index (χ3n) is 3.81. The first-order chi connectivity index (χ1) is 12.1. The maximum atomic E-state index is 12.8. The Labute approximate surface area is 154 Å². The van der Waals surface area contributed by atoms with Crippen molar-refractivity contribution in [2.45, 2.75) is 6.92 Å². The topological polar surface area (TPSA) is 63.8 Å². The average molecular weight is 417 g/mol. The van der Waals surface area contributed by atoms with Crippen LogP contribution < -0.4 is 14.8 Å². The first kappa shape index (κ1) is 16.1. The summed E-state index contributed by atoms with van der Waals surface area (Å²) in [7, 11) is 0. The summed E-state index contributed by atoms with van der Waals surface area (Å²) in [5, 5.41) is 9.93. The molecule has 25 heavy (non-hydrogen) atoms. The van der Waals surface area contributed by atoms with E-state index in [9.17, 15) is 9.90 Å². The van der Waals surface area contributed by atoms with Crippen LogP contribution in [0, 0.1) is 0 Å². The minimum absolute atomic E-state index is 0.0557. The Kier molecular flexibility index (Phi) is 3.97. The van der Waals surface area contributed by atoms with Gasteiger partial charge in [0.25, 0.3) is 5.56 Å². The summed E-state index contributed by atoms with van der Waals surface area (Å²) in [6.45, 7) is 2.29. The van der Waals surface area contributed by atoms with Gasteiger partial charge in [-0.2, -0.15) is 0 Å². The maximum absolute atomic E-state index is 12.8. The van der Waals surface area contributed by atoms with Crippen molar-refractivity contribution in [2.75, 3.05) is 6.61 Å². The van der Waals surface area contributed by atoms with Gasteiger partial charge in [-0.15, -0.1) is 0 Å². The van der Waals surface area contributed by atoms with Crippen LogP contribution in [0.25, 0.3) is 22.1 Å². The Hall–Kier alpha value is -2.38. The molecule has 2 aromatic carbocycles. The third kappa shape index (κ3) is 2.69. The van der Waals surface area contributed by atoms with Gasteiger partial charge in [0.15, 0.2) is 16.5 Å². The number of hydrogen-bond acceptors (Lipinski definition) is 5. The molecule has 0 radical (unpaired) electrons. The number of para-hydroxylation sites is 2. The second-order valence-corrected chi connectivity index (χ2v) is 7.27. The molecule has 0 amide bonds. The van der Waals surface area contributed by atoms with Gasteiger partial charge in [0.2, 0.25) is 0 Å². The monoisotopic (exact) mass is 416 g/mol. The fourth-order valence-corrected chi connectivity index (χ4v) is 4.12. The lowest BCUT2D eigenvalue weighted by Crippen LogP contribution is -2.22. The van der Waals surface area contributed by atoms with Crippen LogP contribution >= 0.6 is 27.3 Å². The predicted octanol–water partition coefficient (Wildman–Crippen LogP) is 3.32. The van der Waals surface area contributed by atoms with Crippen molar-refractivity contribution in [3.63, 3.8) is 0 Å². The third-order valence-corrected chi connectivity index (χ3v) is 5.47. The van der Waals surface area contributed by atoms with E-state index in [-0.39, 0.29) is 11.3 Å². The number of halogens is 1. The number of aromatic hydroxyl groups is 1. The molecule has 0 aliphatic rings. The number of phenolic OH excluding ortho intramolecular Hbond substituents is 1. The van der Waals surface area contributed by atoms with E-state index in [1.165, 1.54) is 11.3 Å². The highest BCUT2D eigenvalue weighted by Crippen LogP contribution is 2.33. The molecule has 7 heteroatoms. The van der Waals surface area contributed by atoms with Crippen molar-refractivity contribution < 1.29 is 9.84 Å². The Morgan fingerprint density at radius 1 is 1.36 bits per heavy atom. The lowest BCUT2D eigenvalue weighted by Gasteiger charge is -2.08. The zero-order chi connectivity index (χ0) is 17.6. The minimum atomic E-state index is -0.105. The van der Waals surface area contributed by atoms with Crippen molar-refractivity contribution in [1.82, 2.24) is 9.38 Å². The standard InChI is InChI=1S/C18H13BrN2O3S/c1-2-24-15-7-10(11(19)9-14(15)22)8-16-17(23)21-13-6-4-3-5-12(13)20-18(21)25-16/h3-9,22H,2H2,1H3/b16-8+. The van der Waals surface area contributed by atoms with Gasteiger partial charge in [-0.05, 0) is 42.8 Å². The Bertz CT molecular complexity index is 1210. The molecule has 0 bridgehead atoms. The van der Waals surface area contributed by atoms with Crippen LogP contribution in [-0.4, -0.2) is 21.1 Å². The molecule has 126 valence electrons. The Morgan fingerprint density at radius 2 is 2.16 bits per heavy atom. The number of thiazole rings is 1. The lowest BCUT2D eigenvalue weighted by atomic mass is 10.2. The summed E-state index contributed by atoms with van der Waals surface area (Å²) < 4.78 is 8.30. The molecular weight excluding hydrogens is 404 g/mol. The van der Waals surface area contributed by atoms with Gasteiger partial charge in [-0.25, -0.2) is 9.38 Å². The molecule has 0 saturated heterocycles. The van der Waals surface area contributed by atoms with Gasteiger partial charge in [0, 0.05) is 4.47 Å². The molecule has 0 atom stereocenters. The smallest absolute Gasteiger partial charge is 0.274 e. The van der Waals surface area contributed by atoms with E-state index >= 15 is 0 Å². The van der Waals surface area contributed by atoms with Crippen molar-refractivity contribution >= 4 is 49.3 Å². The highest BCUT2D eigenvalue weighted by atomic mass is 79.9. The summed E-state index contributed by atoms with van der Waals surface area (Å²) in [6, 6.07) is 10.8. The van der Waals surface area contributed by atoms with E-state index in [1.54, 1.807) is 22.6 Å². The van der Waals surface area contributed by atoms with Crippen molar-refractivity contribution in [3.8, 4) is 11.5 Å². The zero-order valence-electron chi connectivity index (χ0n) is 13.2. The van der Waals surface area contributed by atoms with Crippen LogP contribution in [0.5, 0.6) is 11.5 Å². The van der Waals surface area contributed by atoms with Crippen molar-refractivity contribution in [1.29, 1.82) is 0 Å². The van der Waals surface area contributed by atoms with E-state index in [0.29, 0.717) is 26.3 Å². The van der Waals surface area contributed by atoms with Crippen LogP contribution in [0.4, 0.5) is 0 Å². The highest BCUT2D eigenvalue weighted by Gasteiger charge is 2.12. The van der Waals surface area contributed by atoms with E-state index in [2.05, 4.69) is 20.9 Å². The summed E-state index contributed by atoms with van der Waals surface area (Å²) >= 11 is 4.76. The minimum Gasteiger partial charge on any atom is -0.504 e. The van der Waals surface area contributed by atoms with Crippen LogP contribution in [-0.2, 0) is 0 Å². The summed E-state index contributed by atoms with van der Waals surface area (Å²) in [4.78, 5) is 18.0. The number of ether oxygens (including phenoxy) is 1. The van der Waals surface area contributed by atoms with Gasteiger partial charge in [-0.3, -0.25) is 4.79 Å². The SMILES string of the molecule is CCOc1cc(/C=c2/sc3nc4ccccc4n3c2=O)c(Br)cc1O. The second-order valence-electron chi connectivity index (χ2n) is 5.41. The number of aromatic nitrogens is 2. The molecule has 0 aliphatic carbocycles. The van der Waals surface area contributed by atoms with Crippen LogP contribution in [0.2, 0.25) is 0 Å². The molecule has 0 spiro atoms. The quantitative estimate of drug-likeness (QED) is 0.556. The first-order valence-corrected chi connectivity index (χ1v) is 9.26. The largest absolute Gasteiger partial charge is 0.504 e. The molecule has 0 unspecified atom stereocenters. The van der Waals surface area contributed by atoms with Crippen LogP contribution in [0.3, 0.4) is 0 Å². The second kappa shape index (κ2) is 6.16. The van der Waals surface area contributed by atoms with Gasteiger partial charge in [0.05, 0.1) is 22.2 Å². The molecule has 0 aliphatic heterocycles. The summed E-state index contributed by atoms with van der Waals surface area (Å²) in [5.74, 6) is 0.441. The van der Waals surface area contributed by atoms with E-state index in [4.69, 9.17) is 4.74 Å². The maximum Gasteiger partial charge on any atom is 0.274 e. The van der Waals surface area contributed by atoms with E-state index in [0.717, 1.165) is 16.6 Å². The van der Waals surface area contributed by atoms with Gasteiger partial charge in [-0.1, -0.05) is 39.4 Å². The molecule has 2 heterocycles. The van der Waals surface area contributed by atoms with Crippen molar-refractivity contribution in [3.05, 3.63) is 61.3 Å². The molecule has 5 nitrogen and oxygen atoms in total. The fourth-order valence-electron chi connectivity index (χ4n) is 2.69. The fraction of sp³-hybridized carbons (Fsp3) is 0.111. The van der Waals surface area contributed by atoms with Crippen LogP contribution in [0.15, 0.2) is 45.7 Å². The number of imidazole rings is 1. The van der Waals surface area contributed by atoms with Gasteiger partial charge >= 0.3 is 0 Å². The first-order valence-electron chi connectivity index (χ1n) is 7.65.